The number of carbonyl (C=O) groups is 3. The van der Waals surface area contributed by atoms with Crippen LogP contribution in [0.1, 0.15) is 60.8 Å². The molecule has 21 heavy (non-hydrogen) atoms. The SMILES string of the molecule is CCC(=O)COC(=O)CCOC(=O)C(C)(C)CC(C)(C)C. The number of carbonyl (C=O) groups excluding carboxylic acids is 3. The molecule has 0 rings (SSSR count). The molecule has 0 unspecified atom stereocenters. The predicted molar refractivity (Wildman–Crippen MR) is 79.7 cm³/mol. The summed E-state index contributed by atoms with van der Waals surface area (Å²) in [6, 6.07) is 0. The van der Waals surface area contributed by atoms with Gasteiger partial charge in [-0.1, -0.05) is 27.7 Å². The summed E-state index contributed by atoms with van der Waals surface area (Å²) in [6.07, 6.45) is 0.992. The van der Waals surface area contributed by atoms with Crippen molar-refractivity contribution >= 4 is 17.7 Å². The van der Waals surface area contributed by atoms with E-state index in [0.717, 1.165) is 0 Å². The summed E-state index contributed by atoms with van der Waals surface area (Å²) in [6.45, 7) is 11.3. The summed E-state index contributed by atoms with van der Waals surface area (Å²) >= 11 is 0. The molecule has 0 radical (unpaired) electrons. The standard InChI is InChI=1S/C16H28O5/c1-7-12(17)10-21-13(18)8-9-20-14(19)16(5,6)11-15(2,3)4/h7-11H2,1-6H3. The lowest BCUT2D eigenvalue weighted by atomic mass is 9.76. The fraction of sp³-hybridized carbons (Fsp3) is 0.812. The molecule has 122 valence electrons. The Kier molecular flexibility index (Phi) is 7.61. The summed E-state index contributed by atoms with van der Waals surface area (Å²) < 4.78 is 9.89. The van der Waals surface area contributed by atoms with Crippen LogP contribution < -0.4 is 0 Å². The van der Waals surface area contributed by atoms with Crippen molar-refractivity contribution in [1.29, 1.82) is 0 Å². The molecule has 0 saturated carbocycles. The van der Waals surface area contributed by atoms with Crippen LogP contribution in [-0.2, 0) is 23.9 Å². The van der Waals surface area contributed by atoms with Crippen molar-refractivity contribution in [2.45, 2.75) is 60.8 Å². The van der Waals surface area contributed by atoms with Crippen LogP contribution in [0, 0.1) is 10.8 Å². The number of esters is 2. The molecule has 0 aromatic heterocycles. The van der Waals surface area contributed by atoms with Crippen LogP contribution in [0.4, 0.5) is 0 Å². The summed E-state index contributed by atoms with van der Waals surface area (Å²) in [5.74, 6) is -0.986. The second-order valence-electron chi connectivity index (χ2n) is 7.06. The molecule has 0 heterocycles. The second kappa shape index (κ2) is 8.15. The Bertz CT molecular complexity index is 377. The van der Waals surface area contributed by atoms with Gasteiger partial charge in [-0.25, -0.2) is 0 Å². The average Bonchev–Trinajstić information content (AvgIpc) is 2.32. The van der Waals surface area contributed by atoms with Crippen molar-refractivity contribution in [2.75, 3.05) is 13.2 Å². The van der Waals surface area contributed by atoms with Crippen LogP contribution in [0.5, 0.6) is 0 Å². The van der Waals surface area contributed by atoms with E-state index in [2.05, 4.69) is 20.8 Å². The van der Waals surface area contributed by atoms with Crippen molar-refractivity contribution in [3.8, 4) is 0 Å². The van der Waals surface area contributed by atoms with Crippen LogP contribution >= 0.6 is 0 Å². The second-order valence-corrected chi connectivity index (χ2v) is 7.06. The molecule has 0 bridgehead atoms. The quantitative estimate of drug-likeness (QED) is 0.645. The minimum atomic E-state index is -0.597. The van der Waals surface area contributed by atoms with Gasteiger partial charge < -0.3 is 9.47 Å². The first kappa shape index (κ1) is 19.6. The Morgan fingerprint density at radius 2 is 1.52 bits per heavy atom. The van der Waals surface area contributed by atoms with Crippen molar-refractivity contribution in [2.24, 2.45) is 10.8 Å². The summed E-state index contributed by atoms with van der Waals surface area (Å²) in [5, 5.41) is 0. The Hall–Kier alpha value is -1.39. The molecule has 0 aliphatic carbocycles. The van der Waals surface area contributed by atoms with Gasteiger partial charge in [-0.3, -0.25) is 14.4 Å². The van der Waals surface area contributed by atoms with Gasteiger partial charge >= 0.3 is 11.9 Å². The molecule has 0 atom stereocenters. The number of Topliss-reactive ketones (excluding diaryl/α,β-unsaturated/α-hetero) is 1. The van der Waals surface area contributed by atoms with Crippen LogP contribution in [0.3, 0.4) is 0 Å². The smallest absolute Gasteiger partial charge is 0.311 e. The van der Waals surface area contributed by atoms with E-state index >= 15 is 0 Å². The maximum Gasteiger partial charge on any atom is 0.311 e. The maximum atomic E-state index is 12.0. The van der Waals surface area contributed by atoms with E-state index in [4.69, 9.17) is 9.47 Å². The first-order chi connectivity index (χ1) is 9.48. The number of ether oxygens (including phenoxy) is 2. The highest BCUT2D eigenvalue weighted by atomic mass is 16.5. The minimum Gasteiger partial charge on any atom is -0.465 e. The molecule has 0 saturated heterocycles. The van der Waals surface area contributed by atoms with Gasteiger partial charge in [0.2, 0.25) is 0 Å². The molecule has 5 heteroatoms. The van der Waals surface area contributed by atoms with Crippen LogP contribution in [0.25, 0.3) is 0 Å². The molecule has 0 aliphatic heterocycles. The average molecular weight is 300 g/mol. The van der Waals surface area contributed by atoms with E-state index < -0.39 is 11.4 Å². The lowest BCUT2D eigenvalue weighted by molar-refractivity contribution is -0.158. The van der Waals surface area contributed by atoms with Crippen LogP contribution in [0.15, 0.2) is 0 Å². The highest BCUT2D eigenvalue weighted by molar-refractivity contribution is 5.82. The molecule has 0 fully saturated rings. The number of rotatable bonds is 8. The first-order valence-electron chi connectivity index (χ1n) is 7.32. The zero-order valence-electron chi connectivity index (χ0n) is 14.1. The molecule has 0 spiro atoms. The van der Waals surface area contributed by atoms with E-state index in [-0.39, 0.29) is 36.8 Å². The molecule has 5 nitrogen and oxygen atoms in total. The fourth-order valence-corrected chi connectivity index (χ4v) is 2.16. The van der Waals surface area contributed by atoms with Crippen molar-refractivity contribution in [1.82, 2.24) is 0 Å². The third-order valence-corrected chi connectivity index (χ3v) is 2.85. The summed E-state index contributed by atoms with van der Waals surface area (Å²) in [7, 11) is 0. The summed E-state index contributed by atoms with van der Waals surface area (Å²) in [5.41, 5.74) is -0.581. The Balaban J connectivity index is 4.09. The van der Waals surface area contributed by atoms with E-state index in [1.165, 1.54) is 0 Å². The molecule has 0 N–H and O–H groups in total. The van der Waals surface area contributed by atoms with Gasteiger partial charge in [-0.15, -0.1) is 0 Å². The Morgan fingerprint density at radius 1 is 0.952 bits per heavy atom. The number of hydrogen-bond donors (Lipinski definition) is 0. The molecule has 0 aromatic rings. The van der Waals surface area contributed by atoms with Crippen LogP contribution in [-0.4, -0.2) is 30.9 Å². The lowest BCUT2D eigenvalue weighted by Crippen LogP contribution is -2.31. The summed E-state index contributed by atoms with van der Waals surface area (Å²) in [4.78, 5) is 34.4. The topological polar surface area (TPSA) is 69.7 Å². The first-order valence-corrected chi connectivity index (χ1v) is 7.32. The highest BCUT2D eigenvalue weighted by Gasteiger charge is 2.33. The van der Waals surface area contributed by atoms with E-state index in [9.17, 15) is 14.4 Å². The van der Waals surface area contributed by atoms with Gasteiger partial charge in [0.1, 0.15) is 13.2 Å². The molecular formula is C16H28O5. The largest absolute Gasteiger partial charge is 0.465 e. The van der Waals surface area contributed by atoms with Gasteiger partial charge in [0, 0.05) is 6.42 Å². The Labute approximate surface area is 127 Å². The fourth-order valence-electron chi connectivity index (χ4n) is 2.16. The van der Waals surface area contributed by atoms with Gasteiger partial charge in [0.15, 0.2) is 5.78 Å². The molecule has 0 aliphatic rings. The number of ketones is 1. The normalized spacial score (nSPS) is 11.9. The predicted octanol–water partition coefficient (Wildman–Crippen LogP) is 2.90. The lowest BCUT2D eigenvalue weighted by Gasteiger charge is -2.30. The van der Waals surface area contributed by atoms with E-state index in [1.807, 2.05) is 13.8 Å². The monoisotopic (exact) mass is 300 g/mol. The highest BCUT2D eigenvalue weighted by Crippen LogP contribution is 2.34. The van der Waals surface area contributed by atoms with Crippen molar-refractivity contribution in [3.05, 3.63) is 0 Å². The van der Waals surface area contributed by atoms with Gasteiger partial charge in [-0.05, 0) is 25.7 Å². The van der Waals surface area contributed by atoms with Gasteiger partial charge in [0.05, 0.1) is 11.8 Å². The van der Waals surface area contributed by atoms with E-state index in [1.54, 1.807) is 6.92 Å². The molecule has 0 amide bonds. The van der Waals surface area contributed by atoms with Crippen molar-refractivity contribution in [3.63, 3.8) is 0 Å². The zero-order chi connectivity index (χ0) is 16.7. The Morgan fingerprint density at radius 3 is 2.00 bits per heavy atom. The maximum absolute atomic E-state index is 12.0. The van der Waals surface area contributed by atoms with Crippen molar-refractivity contribution < 1.29 is 23.9 Å². The van der Waals surface area contributed by atoms with E-state index in [0.29, 0.717) is 12.8 Å². The number of hydrogen-bond acceptors (Lipinski definition) is 5. The third kappa shape index (κ3) is 9.21. The van der Waals surface area contributed by atoms with Gasteiger partial charge in [-0.2, -0.15) is 0 Å². The third-order valence-electron chi connectivity index (χ3n) is 2.85. The zero-order valence-corrected chi connectivity index (χ0v) is 14.1. The minimum absolute atomic E-state index is 0.0158. The van der Waals surface area contributed by atoms with Gasteiger partial charge in [0.25, 0.3) is 0 Å². The molecular weight excluding hydrogens is 272 g/mol. The molecule has 0 aromatic carbocycles. The van der Waals surface area contributed by atoms with Crippen LogP contribution in [0.2, 0.25) is 0 Å².